The summed E-state index contributed by atoms with van der Waals surface area (Å²) in [5.74, 6) is 2.20. The molecule has 1 saturated heterocycles. The topological polar surface area (TPSA) is 115 Å². The Balaban J connectivity index is 1.19. The number of aromatic amines is 2. The SMILES string of the molecule is Cc1nc(-c2ncc[nH]2)ccc1N1CCN(Cc2cc(Nc3ncc[nH]3)ncn2)CC1. The molecule has 0 aromatic carbocycles. The molecule has 4 aromatic rings. The Kier molecular flexibility index (Phi) is 5.28. The average Bonchev–Trinajstić information content (AvgIpc) is 3.49. The van der Waals surface area contributed by atoms with Crippen LogP contribution >= 0.6 is 0 Å². The second-order valence-corrected chi connectivity index (χ2v) is 7.46. The molecule has 10 heteroatoms. The van der Waals surface area contributed by atoms with E-state index in [-0.39, 0.29) is 0 Å². The number of hydrogen-bond donors (Lipinski definition) is 3. The highest BCUT2D eigenvalue weighted by molar-refractivity contribution is 5.58. The predicted molar refractivity (Wildman–Crippen MR) is 118 cm³/mol. The zero-order chi connectivity index (χ0) is 21.0. The highest BCUT2D eigenvalue weighted by atomic mass is 15.3. The molecule has 5 rings (SSSR count). The van der Waals surface area contributed by atoms with Crippen LogP contribution < -0.4 is 10.2 Å². The largest absolute Gasteiger partial charge is 0.368 e. The number of rotatable bonds is 6. The second-order valence-electron chi connectivity index (χ2n) is 7.46. The van der Waals surface area contributed by atoms with Crippen LogP contribution in [-0.4, -0.2) is 66.0 Å². The monoisotopic (exact) mass is 416 g/mol. The number of nitrogens with one attached hydrogen (secondary N) is 3. The van der Waals surface area contributed by atoms with Crippen LogP contribution in [0.25, 0.3) is 11.5 Å². The van der Waals surface area contributed by atoms with Gasteiger partial charge in [0.25, 0.3) is 0 Å². The zero-order valence-corrected chi connectivity index (χ0v) is 17.3. The molecule has 0 radical (unpaired) electrons. The van der Waals surface area contributed by atoms with Gasteiger partial charge in [0, 0.05) is 63.6 Å². The van der Waals surface area contributed by atoms with Gasteiger partial charge < -0.3 is 20.2 Å². The summed E-state index contributed by atoms with van der Waals surface area (Å²) in [7, 11) is 0. The summed E-state index contributed by atoms with van der Waals surface area (Å²) >= 11 is 0. The van der Waals surface area contributed by atoms with E-state index in [0.29, 0.717) is 5.95 Å². The summed E-state index contributed by atoms with van der Waals surface area (Å²) in [6.07, 6.45) is 8.62. The number of anilines is 3. The molecule has 3 N–H and O–H groups in total. The van der Waals surface area contributed by atoms with Gasteiger partial charge in [0.2, 0.25) is 5.95 Å². The molecule has 0 atom stereocenters. The van der Waals surface area contributed by atoms with Crippen LogP contribution in [0.1, 0.15) is 11.4 Å². The van der Waals surface area contributed by atoms with Gasteiger partial charge in [0.15, 0.2) is 5.82 Å². The predicted octanol–water partition coefficient (Wildman–Crippen LogP) is 2.36. The minimum Gasteiger partial charge on any atom is -0.368 e. The van der Waals surface area contributed by atoms with E-state index in [2.05, 4.69) is 58.0 Å². The summed E-state index contributed by atoms with van der Waals surface area (Å²) in [5.41, 5.74) is 4.06. The normalized spacial score (nSPS) is 14.7. The number of imidazole rings is 2. The van der Waals surface area contributed by atoms with Crippen LogP contribution in [0.5, 0.6) is 0 Å². The number of aryl methyl sites for hydroxylation is 1. The molecule has 0 unspecified atom stereocenters. The molecular formula is C21H24N10. The molecule has 0 amide bonds. The van der Waals surface area contributed by atoms with Crippen molar-refractivity contribution in [3.05, 3.63) is 60.7 Å². The minimum absolute atomic E-state index is 0.667. The Labute approximate surface area is 179 Å². The highest BCUT2D eigenvalue weighted by Gasteiger charge is 2.20. The van der Waals surface area contributed by atoms with E-state index in [0.717, 1.165) is 61.4 Å². The number of aromatic nitrogens is 7. The molecule has 4 aromatic heterocycles. The fourth-order valence-corrected chi connectivity index (χ4v) is 3.81. The lowest BCUT2D eigenvalue weighted by Gasteiger charge is -2.36. The first kappa shape index (κ1) is 19.2. The smallest absolute Gasteiger partial charge is 0.205 e. The maximum atomic E-state index is 4.74. The summed E-state index contributed by atoms with van der Waals surface area (Å²) < 4.78 is 0. The van der Waals surface area contributed by atoms with Gasteiger partial charge in [-0.15, -0.1) is 0 Å². The lowest BCUT2D eigenvalue weighted by Crippen LogP contribution is -2.46. The molecule has 1 aliphatic rings. The summed E-state index contributed by atoms with van der Waals surface area (Å²) in [6, 6.07) is 6.14. The van der Waals surface area contributed by atoms with Crippen LogP contribution in [0.3, 0.4) is 0 Å². The van der Waals surface area contributed by atoms with Crippen molar-refractivity contribution in [2.75, 3.05) is 36.4 Å². The highest BCUT2D eigenvalue weighted by Crippen LogP contribution is 2.24. The summed E-state index contributed by atoms with van der Waals surface area (Å²) in [6.45, 7) is 6.67. The summed E-state index contributed by atoms with van der Waals surface area (Å²) in [4.78, 5) is 32.8. The van der Waals surface area contributed by atoms with E-state index in [9.17, 15) is 0 Å². The van der Waals surface area contributed by atoms with Gasteiger partial charge in [-0.1, -0.05) is 0 Å². The van der Waals surface area contributed by atoms with E-state index >= 15 is 0 Å². The minimum atomic E-state index is 0.667. The molecule has 0 saturated carbocycles. The van der Waals surface area contributed by atoms with Gasteiger partial charge in [0.05, 0.1) is 17.1 Å². The third kappa shape index (κ3) is 4.38. The third-order valence-electron chi connectivity index (χ3n) is 5.37. The van der Waals surface area contributed by atoms with Gasteiger partial charge >= 0.3 is 0 Å². The quantitative estimate of drug-likeness (QED) is 0.439. The van der Waals surface area contributed by atoms with E-state index in [4.69, 9.17) is 4.98 Å². The Bertz CT molecular complexity index is 1120. The van der Waals surface area contributed by atoms with Crippen molar-refractivity contribution in [3.8, 4) is 11.5 Å². The average molecular weight is 416 g/mol. The van der Waals surface area contributed by atoms with Gasteiger partial charge in [-0.3, -0.25) is 4.90 Å². The van der Waals surface area contributed by atoms with Gasteiger partial charge in [-0.2, -0.15) is 0 Å². The first-order valence-electron chi connectivity index (χ1n) is 10.3. The molecule has 158 valence electrons. The number of hydrogen-bond acceptors (Lipinski definition) is 8. The van der Waals surface area contributed by atoms with Crippen molar-refractivity contribution in [1.82, 2.24) is 39.8 Å². The number of pyridine rings is 1. The molecule has 1 fully saturated rings. The van der Waals surface area contributed by atoms with Crippen molar-refractivity contribution >= 4 is 17.5 Å². The Morgan fingerprint density at radius 1 is 0.968 bits per heavy atom. The van der Waals surface area contributed by atoms with E-state index in [1.54, 1.807) is 24.9 Å². The first-order valence-corrected chi connectivity index (χ1v) is 10.3. The van der Waals surface area contributed by atoms with E-state index in [1.807, 2.05) is 18.3 Å². The van der Waals surface area contributed by atoms with Crippen molar-refractivity contribution < 1.29 is 0 Å². The van der Waals surface area contributed by atoms with Crippen molar-refractivity contribution in [1.29, 1.82) is 0 Å². The fraction of sp³-hybridized carbons (Fsp3) is 0.286. The molecule has 0 aliphatic carbocycles. The molecule has 31 heavy (non-hydrogen) atoms. The fourth-order valence-electron chi connectivity index (χ4n) is 3.81. The lowest BCUT2D eigenvalue weighted by atomic mass is 10.2. The van der Waals surface area contributed by atoms with E-state index < -0.39 is 0 Å². The molecule has 5 heterocycles. The lowest BCUT2D eigenvalue weighted by molar-refractivity contribution is 0.247. The van der Waals surface area contributed by atoms with Crippen molar-refractivity contribution in [2.24, 2.45) is 0 Å². The van der Waals surface area contributed by atoms with Crippen LogP contribution in [0.2, 0.25) is 0 Å². The molecule has 0 spiro atoms. The summed E-state index contributed by atoms with van der Waals surface area (Å²) in [5, 5.41) is 3.15. The Morgan fingerprint density at radius 2 is 1.81 bits per heavy atom. The second kappa shape index (κ2) is 8.52. The van der Waals surface area contributed by atoms with Crippen LogP contribution in [0, 0.1) is 6.92 Å². The van der Waals surface area contributed by atoms with Crippen LogP contribution in [0.15, 0.2) is 49.3 Å². The molecule has 0 bridgehead atoms. The van der Waals surface area contributed by atoms with Gasteiger partial charge in [-0.05, 0) is 19.1 Å². The maximum absolute atomic E-state index is 4.74. The number of piperazine rings is 1. The maximum Gasteiger partial charge on any atom is 0.205 e. The standard InChI is InChI=1S/C21H24N10/c1-15-18(3-2-17(28-15)20-22-4-5-23-20)31-10-8-30(9-11-31)13-16-12-19(27-14-26-16)29-21-24-6-7-25-21/h2-7,12,14H,8-11,13H2,1H3,(H,22,23)(H2,24,25,26,27,29). The number of H-pyrrole nitrogens is 2. The molecular weight excluding hydrogens is 392 g/mol. The van der Waals surface area contributed by atoms with Crippen molar-refractivity contribution in [3.63, 3.8) is 0 Å². The van der Waals surface area contributed by atoms with Gasteiger partial charge in [-0.25, -0.2) is 24.9 Å². The molecule has 1 aliphatic heterocycles. The zero-order valence-electron chi connectivity index (χ0n) is 17.3. The van der Waals surface area contributed by atoms with Crippen molar-refractivity contribution in [2.45, 2.75) is 13.5 Å². The molecule has 10 nitrogen and oxygen atoms in total. The number of nitrogens with zero attached hydrogens (tertiary/aromatic N) is 7. The Morgan fingerprint density at radius 3 is 2.55 bits per heavy atom. The van der Waals surface area contributed by atoms with Gasteiger partial charge in [0.1, 0.15) is 17.8 Å². The third-order valence-corrected chi connectivity index (χ3v) is 5.37. The Hall–Kier alpha value is -3.79. The van der Waals surface area contributed by atoms with Crippen LogP contribution in [0.4, 0.5) is 17.5 Å². The first-order chi connectivity index (χ1) is 15.2. The van der Waals surface area contributed by atoms with E-state index in [1.165, 1.54) is 5.69 Å². The van der Waals surface area contributed by atoms with Crippen LogP contribution in [-0.2, 0) is 6.54 Å².